The van der Waals surface area contributed by atoms with E-state index in [2.05, 4.69) is 29.4 Å². The van der Waals surface area contributed by atoms with Crippen molar-refractivity contribution in [3.63, 3.8) is 0 Å². The highest BCUT2D eigenvalue weighted by Gasteiger charge is 2.34. The van der Waals surface area contributed by atoms with E-state index in [1.807, 2.05) is 0 Å². The van der Waals surface area contributed by atoms with E-state index in [0.717, 1.165) is 44.9 Å². The minimum Gasteiger partial charge on any atom is -0.354 e. The van der Waals surface area contributed by atoms with Crippen molar-refractivity contribution in [3.05, 3.63) is 0 Å². The summed E-state index contributed by atoms with van der Waals surface area (Å²) in [7, 11) is 0. The summed E-state index contributed by atoms with van der Waals surface area (Å²) in [6.45, 7) is 10.5. The molecule has 0 aromatic rings. The lowest BCUT2D eigenvalue weighted by molar-refractivity contribution is -0.131. The summed E-state index contributed by atoms with van der Waals surface area (Å²) in [5, 5.41) is 6.46. The summed E-state index contributed by atoms with van der Waals surface area (Å²) in [5.41, 5.74) is -0.200. The number of halogens is 2. The summed E-state index contributed by atoms with van der Waals surface area (Å²) in [5.74, 6) is 1.10. The van der Waals surface area contributed by atoms with E-state index >= 15 is 0 Å². The Hall–Kier alpha value is -0.0300. The van der Waals surface area contributed by atoms with E-state index in [9.17, 15) is 4.79 Å². The first kappa shape index (κ1) is 21.0. The smallest absolute Gasteiger partial charge is 0.227 e. The van der Waals surface area contributed by atoms with Crippen molar-refractivity contribution in [1.82, 2.24) is 15.5 Å². The molecule has 0 aromatic carbocycles. The summed E-state index contributed by atoms with van der Waals surface area (Å²) < 4.78 is 0. The third-order valence-corrected chi connectivity index (χ3v) is 4.74. The van der Waals surface area contributed by atoms with Crippen LogP contribution in [0.2, 0.25) is 0 Å². The number of rotatable bonds is 4. The maximum absolute atomic E-state index is 12.2. The predicted octanol–water partition coefficient (Wildman–Crippen LogP) is 2.07. The van der Waals surface area contributed by atoms with E-state index in [1.54, 1.807) is 0 Å². The molecule has 4 nitrogen and oxygen atoms in total. The molecule has 2 rings (SSSR count). The van der Waals surface area contributed by atoms with Crippen molar-refractivity contribution in [1.29, 1.82) is 0 Å². The van der Waals surface area contributed by atoms with Gasteiger partial charge in [-0.2, -0.15) is 0 Å². The minimum atomic E-state index is -0.200. The molecule has 2 N–H and O–H groups in total. The zero-order chi connectivity index (χ0) is 13.7. The molecule has 6 heteroatoms. The lowest BCUT2D eigenvalue weighted by atomic mass is 9.82. The van der Waals surface area contributed by atoms with Crippen LogP contribution in [0, 0.1) is 11.3 Å². The molecule has 0 radical (unpaired) electrons. The Labute approximate surface area is 141 Å². The molecule has 0 bridgehead atoms. The van der Waals surface area contributed by atoms with Crippen molar-refractivity contribution < 1.29 is 4.79 Å². The largest absolute Gasteiger partial charge is 0.354 e. The molecule has 0 aromatic heterocycles. The number of nitrogens with zero attached hydrogens (tertiary/aromatic N) is 1. The van der Waals surface area contributed by atoms with Crippen LogP contribution in [0.4, 0.5) is 0 Å². The topological polar surface area (TPSA) is 44.4 Å². The van der Waals surface area contributed by atoms with Crippen LogP contribution in [0.15, 0.2) is 0 Å². The van der Waals surface area contributed by atoms with Gasteiger partial charge < -0.3 is 15.5 Å². The maximum atomic E-state index is 12.2. The van der Waals surface area contributed by atoms with Crippen LogP contribution >= 0.6 is 24.8 Å². The van der Waals surface area contributed by atoms with Gasteiger partial charge in [0.2, 0.25) is 5.91 Å². The molecule has 2 heterocycles. The van der Waals surface area contributed by atoms with Crippen LogP contribution in [0.5, 0.6) is 0 Å². The van der Waals surface area contributed by atoms with Crippen LogP contribution < -0.4 is 10.6 Å². The number of carbonyl (C=O) groups is 1. The number of hydrogen-bond acceptors (Lipinski definition) is 3. The SMILES string of the molecule is CC1CCN(CCNC(=O)C2(C)CCCNC2)CC1.Cl.Cl. The summed E-state index contributed by atoms with van der Waals surface area (Å²) >= 11 is 0. The van der Waals surface area contributed by atoms with Gasteiger partial charge >= 0.3 is 0 Å². The second-order valence-corrected chi connectivity index (χ2v) is 6.62. The predicted molar refractivity (Wildman–Crippen MR) is 92.6 cm³/mol. The fraction of sp³-hybridized carbons (Fsp3) is 0.933. The molecule has 2 aliphatic heterocycles. The Morgan fingerprint density at radius 3 is 2.57 bits per heavy atom. The van der Waals surface area contributed by atoms with Crippen LogP contribution in [0.1, 0.15) is 39.5 Å². The molecule has 2 saturated heterocycles. The van der Waals surface area contributed by atoms with E-state index in [0.29, 0.717) is 0 Å². The molecule has 126 valence electrons. The number of piperidine rings is 2. The molecule has 1 unspecified atom stereocenters. The third-order valence-electron chi connectivity index (χ3n) is 4.74. The van der Waals surface area contributed by atoms with Crippen LogP contribution in [0.3, 0.4) is 0 Å². The van der Waals surface area contributed by atoms with Gasteiger partial charge in [-0.15, -0.1) is 24.8 Å². The van der Waals surface area contributed by atoms with Gasteiger partial charge in [0.15, 0.2) is 0 Å². The van der Waals surface area contributed by atoms with Gasteiger partial charge in [0.25, 0.3) is 0 Å². The number of hydrogen-bond donors (Lipinski definition) is 2. The third kappa shape index (κ3) is 6.31. The van der Waals surface area contributed by atoms with Gasteiger partial charge in [-0.1, -0.05) is 6.92 Å². The average Bonchev–Trinajstić information content (AvgIpc) is 2.42. The first-order chi connectivity index (χ1) is 9.10. The number of carbonyl (C=O) groups excluding carboxylic acids is 1. The van der Waals surface area contributed by atoms with Crippen molar-refractivity contribution in [2.75, 3.05) is 39.3 Å². The van der Waals surface area contributed by atoms with E-state index < -0.39 is 0 Å². The van der Waals surface area contributed by atoms with Gasteiger partial charge in [0.1, 0.15) is 0 Å². The molecule has 2 aliphatic rings. The first-order valence-electron chi connectivity index (χ1n) is 7.81. The summed E-state index contributed by atoms with van der Waals surface area (Å²) in [4.78, 5) is 14.7. The zero-order valence-electron chi connectivity index (χ0n) is 13.3. The van der Waals surface area contributed by atoms with E-state index in [1.165, 1.54) is 25.9 Å². The molecule has 0 spiro atoms. The molecule has 0 aliphatic carbocycles. The van der Waals surface area contributed by atoms with E-state index in [4.69, 9.17) is 0 Å². The average molecular weight is 340 g/mol. The van der Waals surface area contributed by atoms with Crippen molar-refractivity contribution in [3.8, 4) is 0 Å². The highest BCUT2D eigenvalue weighted by Crippen LogP contribution is 2.25. The standard InChI is InChI=1S/C15H29N3O.2ClH/c1-13-4-9-18(10-5-13)11-8-17-14(19)15(2)6-3-7-16-12-15;;/h13,16H,3-12H2,1-2H3,(H,17,19);2*1H. The number of likely N-dealkylation sites (tertiary alicyclic amines) is 1. The molecule has 0 saturated carbocycles. The van der Waals surface area contributed by atoms with Crippen molar-refractivity contribution >= 4 is 30.7 Å². The maximum Gasteiger partial charge on any atom is 0.227 e. The quantitative estimate of drug-likeness (QED) is 0.824. The fourth-order valence-electron chi connectivity index (χ4n) is 3.08. The fourth-order valence-corrected chi connectivity index (χ4v) is 3.08. The highest BCUT2D eigenvalue weighted by atomic mass is 35.5. The van der Waals surface area contributed by atoms with Crippen LogP contribution in [-0.2, 0) is 4.79 Å². The van der Waals surface area contributed by atoms with Gasteiger partial charge in [-0.3, -0.25) is 4.79 Å². The number of nitrogens with one attached hydrogen (secondary N) is 2. The van der Waals surface area contributed by atoms with Gasteiger partial charge in [0, 0.05) is 19.6 Å². The van der Waals surface area contributed by atoms with Crippen molar-refractivity contribution in [2.24, 2.45) is 11.3 Å². The zero-order valence-corrected chi connectivity index (χ0v) is 15.0. The van der Waals surface area contributed by atoms with Crippen LogP contribution in [0.25, 0.3) is 0 Å². The normalized spacial score (nSPS) is 27.3. The number of amides is 1. The molecular formula is C15H31Cl2N3O. The Morgan fingerprint density at radius 1 is 1.33 bits per heavy atom. The molecular weight excluding hydrogens is 309 g/mol. The van der Waals surface area contributed by atoms with Gasteiger partial charge in [-0.25, -0.2) is 0 Å². The Kier molecular flexibility index (Phi) is 9.87. The van der Waals surface area contributed by atoms with Gasteiger partial charge in [0.05, 0.1) is 5.41 Å². The Bertz CT molecular complexity index is 301. The van der Waals surface area contributed by atoms with Gasteiger partial charge in [-0.05, 0) is 58.2 Å². The molecule has 1 amide bonds. The first-order valence-corrected chi connectivity index (χ1v) is 7.81. The minimum absolute atomic E-state index is 0. The lowest BCUT2D eigenvalue weighted by Crippen LogP contribution is -2.50. The molecule has 1 atom stereocenters. The Morgan fingerprint density at radius 2 is 2.00 bits per heavy atom. The molecule has 21 heavy (non-hydrogen) atoms. The second kappa shape index (κ2) is 9.88. The molecule has 2 fully saturated rings. The van der Waals surface area contributed by atoms with E-state index in [-0.39, 0.29) is 36.1 Å². The summed E-state index contributed by atoms with van der Waals surface area (Å²) in [6.07, 6.45) is 4.71. The summed E-state index contributed by atoms with van der Waals surface area (Å²) in [6, 6.07) is 0. The second-order valence-electron chi connectivity index (χ2n) is 6.62. The lowest BCUT2D eigenvalue weighted by Gasteiger charge is -2.33. The van der Waals surface area contributed by atoms with Crippen molar-refractivity contribution in [2.45, 2.75) is 39.5 Å². The monoisotopic (exact) mass is 339 g/mol. The highest BCUT2D eigenvalue weighted by molar-refractivity contribution is 5.85. The Balaban J connectivity index is 0.00000200. The van der Waals surface area contributed by atoms with Crippen LogP contribution in [-0.4, -0.2) is 50.1 Å².